The lowest BCUT2D eigenvalue weighted by Crippen LogP contribution is -2.52. The molecule has 3 rings (SSSR count). The van der Waals surface area contributed by atoms with Crippen LogP contribution >= 0.6 is 0 Å². The van der Waals surface area contributed by atoms with Crippen molar-refractivity contribution in [1.82, 2.24) is 9.97 Å². The molecule has 4 nitrogen and oxygen atoms in total. The highest BCUT2D eigenvalue weighted by atomic mass is 19.2. The van der Waals surface area contributed by atoms with Crippen molar-refractivity contribution in [1.29, 1.82) is 0 Å². The Labute approximate surface area is 166 Å². The van der Waals surface area contributed by atoms with Gasteiger partial charge in [0, 0.05) is 26.2 Å². The van der Waals surface area contributed by atoms with E-state index in [9.17, 15) is 35.1 Å². The van der Waals surface area contributed by atoms with E-state index in [4.69, 9.17) is 0 Å². The fourth-order valence-electron chi connectivity index (χ4n) is 3.90. The first-order chi connectivity index (χ1) is 14.1. The lowest BCUT2D eigenvalue weighted by molar-refractivity contribution is 0.342. The minimum atomic E-state index is -1.85. The number of anilines is 2. The van der Waals surface area contributed by atoms with Gasteiger partial charge in [-0.05, 0) is 12.8 Å². The fourth-order valence-corrected chi connectivity index (χ4v) is 3.90. The Morgan fingerprint density at radius 3 is 1.10 bits per heavy atom. The number of likely N-dealkylation sites (N-methyl/N-ethyl adjacent to an activating group) is 2. The van der Waals surface area contributed by atoms with E-state index in [2.05, 4.69) is 9.97 Å². The summed E-state index contributed by atoms with van der Waals surface area (Å²) in [7, 11) is 2.30. The SMILES string of the molecule is CN(c1c(F)c(F)nc(F)c1F)[C@@H]1CCCC[C@H]1N(C)c1c(F)c(F)nc(F)c1F. The van der Waals surface area contributed by atoms with Crippen molar-refractivity contribution in [2.24, 2.45) is 0 Å². The summed E-state index contributed by atoms with van der Waals surface area (Å²) in [5.74, 6) is -14.4. The minimum absolute atomic E-state index is 0.217. The number of pyridine rings is 2. The molecule has 0 radical (unpaired) electrons. The van der Waals surface area contributed by atoms with Gasteiger partial charge in [-0.3, -0.25) is 0 Å². The van der Waals surface area contributed by atoms with Crippen LogP contribution in [0.1, 0.15) is 25.7 Å². The van der Waals surface area contributed by atoms with E-state index < -0.39 is 70.5 Å². The maximum absolute atomic E-state index is 14.2. The molecule has 2 heterocycles. The molecule has 0 N–H and O–H groups in total. The molecule has 1 saturated carbocycles. The van der Waals surface area contributed by atoms with Crippen molar-refractivity contribution < 1.29 is 35.1 Å². The first-order valence-corrected chi connectivity index (χ1v) is 8.91. The van der Waals surface area contributed by atoms with Crippen molar-refractivity contribution in [3.63, 3.8) is 0 Å². The summed E-state index contributed by atoms with van der Waals surface area (Å²) in [6.07, 6.45) is 1.50. The highest BCUT2D eigenvalue weighted by Gasteiger charge is 2.37. The molecule has 0 aliphatic heterocycles. The molecule has 2 aromatic rings. The summed E-state index contributed by atoms with van der Waals surface area (Å²) >= 11 is 0. The topological polar surface area (TPSA) is 32.3 Å². The van der Waals surface area contributed by atoms with Gasteiger partial charge < -0.3 is 9.80 Å². The summed E-state index contributed by atoms with van der Waals surface area (Å²) in [6, 6.07) is -1.82. The number of hydrogen-bond acceptors (Lipinski definition) is 4. The molecular weight excluding hydrogens is 424 g/mol. The number of rotatable bonds is 4. The third-order valence-electron chi connectivity index (χ3n) is 5.34. The Morgan fingerprint density at radius 2 is 0.833 bits per heavy atom. The third-order valence-corrected chi connectivity index (χ3v) is 5.34. The lowest BCUT2D eigenvalue weighted by Gasteiger charge is -2.44. The van der Waals surface area contributed by atoms with E-state index in [-0.39, 0.29) is 12.8 Å². The first kappa shape index (κ1) is 22.0. The Bertz CT molecular complexity index is 840. The Balaban J connectivity index is 2.05. The molecule has 1 aliphatic rings. The van der Waals surface area contributed by atoms with E-state index in [1.54, 1.807) is 0 Å². The highest BCUT2D eigenvalue weighted by molar-refractivity contribution is 5.53. The first-order valence-electron chi connectivity index (χ1n) is 8.91. The third kappa shape index (κ3) is 3.63. The maximum atomic E-state index is 14.2. The molecule has 12 heteroatoms. The fraction of sp³-hybridized carbons (Fsp3) is 0.444. The summed E-state index contributed by atoms with van der Waals surface area (Å²) in [5, 5.41) is 0. The predicted octanol–water partition coefficient (Wildman–Crippen LogP) is 4.47. The van der Waals surface area contributed by atoms with Gasteiger partial charge in [-0.2, -0.15) is 45.1 Å². The zero-order valence-corrected chi connectivity index (χ0v) is 15.8. The molecule has 0 spiro atoms. The monoisotopic (exact) mass is 440 g/mol. The van der Waals surface area contributed by atoms with Crippen LogP contribution in [0.3, 0.4) is 0 Å². The van der Waals surface area contributed by atoms with Crippen molar-refractivity contribution in [2.75, 3.05) is 23.9 Å². The van der Waals surface area contributed by atoms with Gasteiger partial charge >= 0.3 is 0 Å². The quantitative estimate of drug-likeness (QED) is 0.519. The maximum Gasteiger partial charge on any atom is 0.253 e. The van der Waals surface area contributed by atoms with E-state index >= 15 is 0 Å². The Kier molecular flexibility index (Phi) is 6.04. The van der Waals surface area contributed by atoms with Crippen LogP contribution < -0.4 is 9.80 Å². The molecule has 0 aromatic carbocycles. The molecule has 1 fully saturated rings. The van der Waals surface area contributed by atoms with Crippen LogP contribution in [0.2, 0.25) is 0 Å². The van der Waals surface area contributed by atoms with Gasteiger partial charge in [0.25, 0.3) is 23.8 Å². The molecular formula is C18H16F8N4. The largest absolute Gasteiger partial charge is 0.365 e. The smallest absolute Gasteiger partial charge is 0.253 e. The molecule has 164 valence electrons. The molecule has 0 amide bonds. The van der Waals surface area contributed by atoms with Crippen LogP contribution in [0.4, 0.5) is 46.5 Å². The van der Waals surface area contributed by atoms with Gasteiger partial charge in [0.05, 0.1) is 0 Å². The van der Waals surface area contributed by atoms with Crippen molar-refractivity contribution in [3.05, 3.63) is 47.1 Å². The van der Waals surface area contributed by atoms with Crippen LogP contribution in [0.25, 0.3) is 0 Å². The zero-order chi connectivity index (χ0) is 22.3. The van der Waals surface area contributed by atoms with Crippen LogP contribution in [0.5, 0.6) is 0 Å². The van der Waals surface area contributed by atoms with Gasteiger partial charge in [-0.1, -0.05) is 12.8 Å². The summed E-state index contributed by atoms with van der Waals surface area (Å²) < 4.78 is 111. The van der Waals surface area contributed by atoms with Crippen LogP contribution in [-0.4, -0.2) is 36.1 Å². The van der Waals surface area contributed by atoms with Crippen molar-refractivity contribution in [2.45, 2.75) is 37.8 Å². The average molecular weight is 440 g/mol. The number of halogens is 8. The van der Waals surface area contributed by atoms with E-state index in [1.165, 1.54) is 0 Å². The second kappa shape index (κ2) is 8.23. The van der Waals surface area contributed by atoms with Gasteiger partial charge in [-0.25, -0.2) is 0 Å². The molecule has 0 unspecified atom stereocenters. The molecule has 30 heavy (non-hydrogen) atoms. The number of hydrogen-bond donors (Lipinski definition) is 0. The molecule has 0 bridgehead atoms. The van der Waals surface area contributed by atoms with Gasteiger partial charge in [-0.15, -0.1) is 0 Å². The summed E-state index contributed by atoms with van der Waals surface area (Å²) in [5.41, 5.74) is -2.09. The van der Waals surface area contributed by atoms with E-state index in [0.717, 1.165) is 23.9 Å². The normalized spacial score (nSPS) is 19.1. The van der Waals surface area contributed by atoms with Crippen molar-refractivity contribution in [3.8, 4) is 0 Å². The molecule has 2 atom stereocenters. The summed E-state index contributed by atoms with van der Waals surface area (Å²) in [6.45, 7) is 0. The summed E-state index contributed by atoms with van der Waals surface area (Å²) in [4.78, 5) is 6.80. The number of aromatic nitrogens is 2. The second-order valence-corrected chi connectivity index (χ2v) is 6.98. The van der Waals surface area contributed by atoms with Gasteiger partial charge in [0.1, 0.15) is 11.4 Å². The van der Waals surface area contributed by atoms with Crippen LogP contribution in [0, 0.1) is 47.1 Å². The van der Waals surface area contributed by atoms with Gasteiger partial charge in [0.2, 0.25) is 23.3 Å². The van der Waals surface area contributed by atoms with Crippen LogP contribution in [-0.2, 0) is 0 Å². The lowest BCUT2D eigenvalue weighted by atomic mass is 9.87. The highest BCUT2D eigenvalue weighted by Crippen LogP contribution is 2.36. The van der Waals surface area contributed by atoms with E-state index in [1.807, 2.05) is 0 Å². The number of nitrogens with zero attached hydrogens (tertiary/aromatic N) is 4. The Hall–Kier alpha value is -2.66. The van der Waals surface area contributed by atoms with Crippen molar-refractivity contribution >= 4 is 11.4 Å². The molecule has 2 aromatic heterocycles. The van der Waals surface area contributed by atoms with E-state index in [0.29, 0.717) is 12.8 Å². The Morgan fingerprint density at radius 1 is 0.567 bits per heavy atom. The minimum Gasteiger partial charge on any atom is -0.365 e. The predicted molar refractivity (Wildman–Crippen MR) is 91.0 cm³/mol. The standard InChI is InChI=1S/C18H16F8N4/c1-29(13-9(19)15(23)27-16(24)10(13)20)7-5-3-4-6-8(7)30(2)14-11(21)17(25)28-18(26)12(14)22/h7-8H,3-6H2,1-2H3/t7-,8-/m1/s1. The van der Waals surface area contributed by atoms with Crippen LogP contribution in [0.15, 0.2) is 0 Å². The average Bonchev–Trinajstić information content (AvgIpc) is 2.71. The molecule has 0 saturated heterocycles. The molecule has 1 aliphatic carbocycles. The van der Waals surface area contributed by atoms with Gasteiger partial charge in [0.15, 0.2) is 0 Å². The second-order valence-electron chi connectivity index (χ2n) is 6.98. The zero-order valence-electron chi connectivity index (χ0n) is 15.8.